The van der Waals surface area contributed by atoms with Crippen molar-refractivity contribution in [1.29, 1.82) is 0 Å². The van der Waals surface area contributed by atoms with Crippen molar-refractivity contribution in [3.05, 3.63) is 95.8 Å². The molecule has 0 bridgehead atoms. The second kappa shape index (κ2) is 12.0. The van der Waals surface area contributed by atoms with E-state index >= 15 is 0 Å². The molecule has 8 nitrogen and oxygen atoms in total. The molecule has 4 aromatic rings. The molecule has 0 saturated heterocycles. The van der Waals surface area contributed by atoms with Gasteiger partial charge in [0.25, 0.3) is 5.91 Å². The van der Waals surface area contributed by atoms with E-state index < -0.39 is 17.9 Å². The fourth-order valence-electron chi connectivity index (χ4n) is 4.23. The second-order valence-corrected chi connectivity index (χ2v) is 10.5. The molecule has 0 radical (unpaired) electrons. The summed E-state index contributed by atoms with van der Waals surface area (Å²) in [7, 11) is 3.18. The number of carbonyl (C=O) groups is 2. The first-order valence-corrected chi connectivity index (χ1v) is 12.9. The summed E-state index contributed by atoms with van der Waals surface area (Å²) in [5.74, 6) is 0.278. The van der Waals surface area contributed by atoms with Crippen molar-refractivity contribution in [2.75, 3.05) is 14.2 Å². The largest absolute Gasteiger partial charge is 0.493 e. The van der Waals surface area contributed by atoms with Crippen molar-refractivity contribution in [3.8, 4) is 34.0 Å². The van der Waals surface area contributed by atoms with Gasteiger partial charge in [0.15, 0.2) is 17.3 Å². The molecule has 0 aliphatic heterocycles. The molecule has 2 N–H and O–H groups in total. The first kappa shape index (κ1) is 28.3. The summed E-state index contributed by atoms with van der Waals surface area (Å²) in [5, 5.41) is 12.4. The average Bonchev–Trinajstić information content (AvgIpc) is 2.96. The number of methoxy groups -OCH3 is 2. The predicted molar refractivity (Wildman–Crippen MR) is 154 cm³/mol. The molecule has 40 heavy (non-hydrogen) atoms. The van der Waals surface area contributed by atoms with E-state index in [0.29, 0.717) is 22.9 Å². The smallest absolute Gasteiger partial charge is 0.326 e. The highest BCUT2D eigenvalue weighted by molar-refractivity contribution is 5.96. The number of carboxylic acids is 1. The Labute approximate surface area is 234 Å². The summed E-state index contributed by atoms with van der Waals surface area (Å²) in [4.78, 5) is 33.7. The van der Waals surface area contributed by atoms with Gasteiger partial charge in [-0.15, -0.1) is 0 Å². The number of amides is 1. The number of nitrogens with zero attached hydrogens (tertiary/aromatic N) is 2. The van der Waals surface area contributed by atoms with Crippen molar-refractivity contribution < 1.29 is 24.2 Å². The van der Waals surface area contributed by atoms with E-state index in [1.165, 1.54) is 0 Å². The molecular weight excluding hydrogens is 506 g/mol. The van der Waals surface area contributed by atoms with Crippen LogP contribution in [0.2, 0.25) is 0 Å². The zero-order chi connectivity index (χ0) is 28.9. The van der Waals surface area contributed by atoms with Crippen LogP contribution in [-0.2, 0) is 16.6 Å². The highest BCUT2D eigenvalue weighted by atomic mass is 16.5. The Morgan fingerprint density at radius 2 is 1.43 bits per heavy atom. The summed E-state index contributed by atoms with van der Waals surface area (Å²) in [6.07, 6.45) is 3.61. The summed E-state index contributed by atoms with van der Waals surface area (Å²) < 4.78 is 10.7. The van der Waals surface area contributed by atoms with Gasteiger partial charge in [-0.1, -0.05) is 63.2 Å². The van der Waals surface area contributed by atoms with Crippen LogP contribution < -0.4 is 14.8 Å². The third-order valence-corrected chi connectivity index (χ3v) is 6.64. The van der Waals surface area contributed by atoms with Crippen LogP contribution in [0.3, 0.4) is 0 Å². The maximum Gasteiger partial charge on any atom is 0.326 e. The molecule has 1 atom stereocenters. The van der Waals surface area contributed by atoms with E-state index in [1.54, 1.807) is 38.7 Å². The van der Waals surface area contributed by atoms with Crippen LogP contribution in [0.5, 0.6) is 11.5 Å². The Kier molecular flexibility index (Phi) is 8.48. The lowest BCUT2D eigenvalue weighted by Crippen LogP contribution is -2.42. The topological polar surface area (TPSA) is 111 Å². The summed E-state index contributed by atoms with van der Waals surface area (Å²) in [6, 6.07) is 19.1. The van der Waals surface area contributed by atoms with Gasteiger partial charge in [-0.05, 0) is 46.4 Å². The highest BCUT2D eigenvalue weighted by Gasteiger charge is 2.22. The van der Waals surface area contributed by atoms with E-state index in [2.05, 4.69) is 36.1 Å². The first-order valence-electron chi connectivity index (χ1n) is 12.9. The molecule has 4 rings (SSSR count). The molecular formula is C32H33N3O5. The molecule has 3 aromatic carbocycles. The van der Waals surface area contributed by atoms with Crippen LogP contribution in [0.15, 0.2) is 79.1 Å². The van der Waals surface area contributed by atoms with Gasteiger partial charge in [0.2, 0.25) is 0 Å². The number of benzene rings is 3. The number of rotatable bonds is 9. The number of ether oxygens (including phenoxy) is 2. The van der Waals surface area contributed by atoms with Gasteiger partial charge < -0.3 is 19.9 Å². The summed E-state index contributed by atoms with van der Waals surface area (Å²) in [6.45, 7) is 6.28. The minimum absolute atomic E-state index is 0.0392. The van der Waals surface area contributed by atoms with Gasteiger partial charge in [0.1, 0.15) is 6.04 Å². The standard InChI is InChI=1S/C32H33N3O5/c1-32(2,3)25-13-10-22(11-14-25)30(36)35-26(31(37)38)16-20-6-8-21(9-7-20)29-33-18-24(19-34-29)23-12-15-27(39-4)28(17-23)40-5/h6-15,17-19,26H,16H2,1-5H3,(H,35,36)(H,37,38). The molecule has 206 valence electrons. The molecule has 8 heteroatoms. The number of hydrogen-bond donors (Lipinski definition) is 2. The molecule has 0 aliphatic carbocycles. The number of aromatic nitrogens is 2. The quantitative estimate of drug-likeness (QED) is 0.287. The molecule has 0 fully saturated rings. The van der Waals surface area contributed by atoms with E-state index in [4.69, 9.17) is 9.47 Å². The Balaban J connectivity index is 1.43. The Hall–Kier alpha value is -4.72. The lowest BCUT2D eigenvalue weighted by Gasteiger charge is -2.19. The van der Waals surface area contributed by atoms with Crippen molar-refractivity contribution in [2.24, 2.45) is 0 Å². The lowest BCUT2D eigenvalue weighted by atomic mass is 9.86. The maximum absolute atomic E-state index is 12.7. The van der Waals surface area contributed by atoms with Gasteiger partial charge in [0, 0.05) is 35.5 Å². The second-order valence-electron chi connectivity index (χ2n) is 10.5. The minimum atomic E-state index is -1.10. The van der Waals surface area contributed by atoms with Crippen molar-refractivity contribution in [2.45, 2.75) is 38.6 Å². The Bertz CT molecular complexity index is 1480. The van der Waals surface area contributed by atoms with Crippen LogP contribution in [0.25, 0.3) is 22.5 Å². The average molecular weight is 540 g/mol. The van der Waals surface area contributed by atoms with Crippen LogP contribution in [-0.4, -0.2) is 47.2 Å². The molecule has 1 unspecified atom stereocenters. The number of carbonyl (C=O) groups excluding carboxylic acids is 1. The van der Waals surface area contributed by atoms with Crippen LogP contribution >= 0.6 is 0 Å². The molecule has 0 aliphatic rings. The van der Waals surface area contributed by atoms with E-state index in [9.17, 15) is 14.7 Å². The van der Waals surface area contributed by atoms with Gasteiger partial charge in [-0.2, -0.15) is 0 Å². The first-order chi connectivity index (χ1) is 19.1. The van der Waals surface area contributed by atoms with Crippen molar-refractivity contribution in [1.82, 2.24) is 15.3 Å². The zero-order valence-electron chi connectivity index (χ0n) is 23.3. The molecule has 1 aromatic heterocycles. The van der Waals surface area contributed by atoms with Crippen LogP contribution in [0, 0.1) is 0 Å². The SMILES string of the molecule is COc1ccc(-c2cnc(-c3ccc(CC(NC(=O)c4ccc(C(C)(C)C)cc4)C(=O)O)cc3)nc2)cc1OC. The minimum Gasteiger partial charge on any atom is -0.493 e. The summed E-state index contributed by atoms with van der Waals surface area (Å²) >= 11 is 0. The fraction of sp³-hybridized carbons (Fsp3) is 0.250. The molecule has 1 heterocycles. The maximum atomic E-state index is 12.7. The van der Waals surface area contributed by atoms with E-state index in [0.717, 1.165) is 27.8 Å². The van der Waals surface area contributed by atoms with Gasteiger partial charge in [-0.25, -0.2) is 14.8 Å². The number of hydrogen-bond acceptors (Lipinski definition) is 6. The summed E-state index contributed by atoms with van der Waals surface area (Å²) in [5.41, 5.74) is 4.75. The van der Waals surface area contributed by atoms with Gasteiger partial charge in [-0.3, -0.25) is 4.79 Å². The van der Waals surface area contributed by atoms with E-state index in [1.807, 2.05) is 54.6 Å². The predicted octanol–water partition coefficient (Wildman–Crippen LogP) is 5.55. The Morgan fingerprint density at radius 1 is 0.825 bits per heavy atom. The fourth-order valence-corrected chi connectivity index (χ4v) is 4.23. The Morgan fingerprint density at radius 3 is 1.98 bits per heavy atom. The normalized spacial score (nSPS) is 11.9. The van der Waals surface area contributed by atoms with Crippen molar-refractivity contribution >= 4 is 11.9 Å². The number of aliphatic carboxylic acids is 1. The van der Waals surface area contributed by atoms with Gasteiger partial charge >= 0.3 is 5.97 Å². The molecule has 0 spiro atoms. The van der Waals surface area contributed by atoms with E-state index in [-0.39, 0.29) is 11.8 Å². The number of carboxylic acid groups (broad SMARTS) is 1. The highest BCUT2D eigenvalue weighted by Crippen LogP contribution is 2.32. The van der Waals surface area contributed by atoms with Crippen LogP contribution in [0.1, 0.15) is 42.3 Å². The van der Waals surface area contributed by atoms with Gasteiger partial charge in [0.05, 0.1) is 14.2 Å². The third-order valence-electron chi connectivity index (χ3n) is 6.64. The molecule has 0 saturated carbocycles. The monoisotopic (exact) mass is 539 g/mol. The molecule has 1 amide bonds. The zero-order valence-corrected chi connectivity index (χ0v) is 23.3. The van der Waals surface area contributed by atoms with Crippen molar-refractivity contribution in [3.63, 3.8) is 0 Å². The lowest BCUT2D eigenvalue weighted by molar-refractivity contribution is -0.139. The van der Waals surface area contributed by atoms with Crippen LogP contribution in [0.4, 0.5) is 0 Å². The number of nitrogens with one attached hydrogen (secondary N) is 1. The third kappa shape index (κ3) is 6.64.